The number of H-pyrrole nitrogens is 1. The smallest absolute Gasteiger partial charge is 0.253 e. The van der Waals surface area contributed by atoms with Crippen LogP contribution in [0.5, 0.6) is 0 Å². The van der Waals surface area contributed by atoms with E-state index in [4.69, 9.17) is 4.98 Å². The highest BCUT2D eigenvalue weighted by Crippen LogP contribution is 2.27. The molecule has 1 aromatic heterocycles. The topological polar surface area (TPSA) is 95.2 Å². The molecule has 2 atom stereocenters. The molecule has 0 spiro atoms. The number of benzene rings is 2. The average Bonchev–Trinajstić information content (AvgIpc) is 3.23. The third-order valence-electron chi connectivity index (χ3n) is 5.88. The van der Waals surface area contributed by atoms with Gasteiger partial charge in [0.2, 0.25) is 10.0 Å². The van der Waals surface area contributed by atoms with Crippen molar-refractivity contribution in [1.29, 1.82) is 0 Å². The maximum absolute atomic E-state index is 13.1. The second-order valence-corrected chi connectivity index (χ2v) is 9.90. The first-order chi connectivity index (χ1) is 14.9. The van der Waals surface area contributed by atoms with Gasteiger partial charge in [0.25, 0.3) is 5.91 Å². The number of likely N-dealkylation sites (tertiary alicyclic amines) is 1. The summed E-state index contributed by atoms with van der Waals surface area (Å²) in [5.74, 6) is 0.986. The van der Waals surface area contributed by atoms with Crippen LogP contribution in [-0.4, -0.2) is 48.3 Å². The van der Waals surface area contributed by atoms with Gasteiger partial charge in [-0.15, -0.1) is 0 Å². The Hall–Kier alpha value is -2.71. The molecule has 1 fully saturated rings. The maximum atomic E-state index is 13.1. The van der Waals surface area contributed by atoms with Crippen molar-refractivity contribution in [3.05, 3.63) is 59.9 Å². The third kappa shape index (κ3) is 4.65. The van der Waals surface area contributed by atoms with Crippen molar-refractivity contribution in [3.63, 3.8) is 0 Å². The first-order valence-corrected chi connectivity index (χ1v) is 12.2. The summed E-state index contributed by atoms with van der Waals surface area (Å²) in [7, 11) is -3.58. The maximum Gasteiger partial charge on any atom is 0.253 e. The SMILES string of the molecule is CC[C@H](C)NS(=O)(=O)c1ccc(C(=O)N2CCC[C@H](c3nc4ccccc4[nH]3)C2)cc1. The molecular weight excluding hydrogens is 412 g/mol. The molecule has 1 saturated heterocycles. The van der Waals surface area contributed by atoms with Crippen LogP contribution in [-0.2, 0) is 10.0 Å². The highest BCUT2D eigenvalue weighted by atomic mass is 32.2. The van der Waals surface area contributed by atoms with Crippen molar-refractivity contribution in [3.8, 4) is 0 Å². The van der Waals surface area contributed by atoms with E-state index in [1.807, 2.05) is 43.0 Å². The zero-order chi connectivity index (χ0) is 22.0. The molecule has 3 aromatic rings. The Bertz CT molecular complexity index is 1140. The molecule has 0 saturated carbocycles. The Balaban J connectivity index is 1.47. The lowest BCUT2D eigenvalue weighted by Crippen LogP contribution is -2.39. The number of amides is 1. The van der Waals surface area contributed by atoms with Crippen molar-refractivity contribution in [1.82, 2.24) is 19.6 Å². The number of imidazole rings is 1. The Morgan fingerprint density at radius 2 is 1.97 bits per heavy atom. The van der Waals surface area contributed by atoms with Crippen LogP contribution in [0, 0.1) is 0 Å². The van der Waals surface area contributed by atoms with Crippen LogP contribution in [0.15, 0.2) is 53.4 Å². The number of sulfonamides is 1. The first-order valence-electron chi connectivity index (χ1n) is 10.7. The number of nitrogens with zero attached hydrogens (tertiary/aromatic N) is 2. The summed E-state index contributed by atoms with van der Waals surface area (Å²) in [6.45, 7) is 5.02. The number of carbonyl (C=O) groups is 1. The van der Waals surface area contributed by atoms with Gasteiger partial charge in [-0.1, -0.05) is 19.1 Å². The second-order valence-electron chi connectivity index (χ2n) is 8.18. The van der Waals surface area contributed by atoms with Crippen molar-refractivity contribution >= 4 is 27.0 Å². The molecule has 2 heterocycles. The summed E-state index contributed by atoms with van der Waals surface area (Å²) in [5, 5.41) is 0. The summed E-state index contributed by atoms with van der Waals surface area (Å²) < 4.78 is 27.5. The van der Waals surface area contributed by atoms with E-state index in [0.29, 0.717) is 25.1 Å². The van der Waals surface area contributed by atoms with E-state index in [1.54, 1.807) is 12.1 Å². The normalized spacial score (nSPS) is 18.3. The van der Waals surface area contributed by atoms with Gasteiger partial charge in [0.1, 0.15) is 5.82 Å². The quantitative estimate of drug-likeness (QED) is 0.611. The molecule has 1 aliphatic heterocycles. The van der Waals surface area contributed by atoms with Gasteiger partial charge in [0.05, 0.1) is 15.9 Å². The van der Waals surface area contributed by atoms with Crippen LogP contribution in [0.4, 0.5) is 0 Å². The number of aromatic amines is 1. The molecule has 8 heteroatoms. The van der Waals surface area contributed by atoms with E-state index in [2.05, 4.69) is 9.71 Å². The highest BCUT2D eigenvalue weighted by Gasteiger charge is 2.27. The molecule has 0 aliphatic carbocycles. The molecule has 7 nitrogen and oxygen atoms in total. The number of fused-ring (bicyclic) bond motifs is 1. The lowest BCUT2D eigenvalue weighted by atomic mass is 9.96. The van der Waals surface area contributed by atoms with Crippen LogP contribution in [0.1, 0.15) is 55.2 Å². The minimum Gasteiger partial charge on any atom is -0.342 e. The summed E-state index contributed by atoms with van der Waals surface area (Å²) in [6.07, 6.45) is 2.58. The summed E-state index contributed by atoms with van der Waals surface area (Å²) in [4.78, 5) is 23.2. The number of aromatic nitrogens is 2. The lowest BCUT2D eigenvalue weighted by Gasteiger charge is -2.32. The van der Waals surface area contributed by atoms with E-state index >= 15 is 0 Å². The molecule has 1 amide bonds. The van der Waals surface area contributed by atoms with Crippen LogP contribution in [0.3, 0.4) is 0 Å². The first kappa shape index (κ1) is 21.5. The van der Waals surface area contributed by atoms with Crippen LogP contribution < -0.4 is 4.72 Å². The molecule has 164 valence electrons. The van der Waals surface area contributed by atoms with Crippen LogP contribution in [0.25, 0.3) is 11.0 Å². The predicted octanol–water partition coefficient (Wildman–Crippen LogP) is 3.66. The minimum absolute atomic E-state index is 0.0837. The molecule has 4 rings (SSSR count). The molecule has 0 unspecified atom stereocenters. The highest BCUT2D eigenvalue weighted by molar-refractivity contribution is 7.89. The Morgan fingerprint density at radius 3 is 2.68 bits per heavy atom. The number of piperidine rings is 1. The fourth-order valence-electron chi connectivity index (χ4n) is 3.93. The van der Waals surface area contributed by atoms with Crippen LogP contribution >= 0.6 is 0 Å². The van der Waals surface area contributed by atoms with Crippen molar-refractivity contribution < 1.29 is 13.2 Å². The fourth-order valence-corrected chi connectivity index (χ4v) is 5.25. The molecular formula is C23H28N4O3S. The second kappa shape index (κ2) is 8.80. The van der Waals surface area contributed by atoms with Gasteiger partial charge in [0.15, 0.2) is 0 Å². The fraction of sp³-hybridized carbons (Fsp3) is 0.391. The molecule has 2 N–H and O–H groups in total. The number of hydrogen-bond donors (Lipinski definition) is 2. The Morgan fingerprint density at radius 1 is 1.23 bits per heavy atom. The van der Waals surface area contributed by atoms with Crippen molar-refractivity contribution in [2.24, 2.45) is 0 Å². The van der Waals surface area contributed by atoms with Gasteiger partial charge in [-0.25, -0.2) is 18.1 Å². The van der Waals surface area contributed by atoms with Gasteiger partial charge >= 0.3 is 0 Å². The molecule has 0 radical (unpaired) electrons. The number of nitrogens with one attached hydrogen (secondary N) is 2. The molecule has 0 bridgehead atoms. The van der Waals surface area contributed by atoms with Crippen molar-refractivity contribution in [2.75, 3.05) is 13.1 Å². The number of para-hydroxylation sites is 2. The third-order valence-corrected chi connectivity index (χ3v) is 7.49. The lowest BCUT2D eigenvalue weighted by molar-refractivity contribution is 0.0705. The van der Waals surface area contributed by atoms with E-state index in [1.165, 1.54) is 12.1 Å². The number of rotatable bonds is 6. The average molecular weight is 441 g/mol. The van der Waals surface area contributed by atoms with Gasteiger partial charge < -0.3 is 9.88 Å². The number of carbonyl (C=O) groups excluding carboxylic acids is 1. The minimum atomic E-state index is -3.58. The summed E-state index contributed by atoms with van der Waals surface area (Å²) in [6, 6.07) is 14.0. The molecule has 31 heavy (non-hydrogen) atoms. The molecule has 2 aromatic carbocycles. The zero-order valence-corrected chi connectivity index (χ0v) is 18.7. The van der Waals surface area contributed by atoms with E-state index in [0.717, 1.165) is 29.7 Å². The van der Waals surface area contributed by atoms with Gasteiger partial charge in [-0.3, -0.25) is 4.79 Å². The van der Waals surface area contributed by atoms with Gasteiger partial charge in [-0.05, 0) is 62.6 Å². The van der Waals surface area contributed by atoms with E-state index < -0.39 is 10.0 Å². The largest absolute Gasteiger partial charge is 0.342 e. The Labute approximate surface area is 182 Å². The standard InChI is InChI=1S/C23H28N4O3S/c1-3-16(2)26-31(29,30)19-12-10-17(11-13-19)23(28)27-14-6-7-18(15-27)22-24-20-8-4-5-9-21(20)25-22/h4-5,8-13,16,18,26H,3,6-7,14-15H2,1-2H3,(H,24,25)/t16-,18-/m0/s1. The van der Waals surface area contributed by atoms with Crippen molar-refractivity contribution in [2.45, 2.75) is 50.0 Å². The summed E-state index contributed by atoms with van der Waals surface area (Å²) in [5.41, 5.74) is 2.43. The zero-order valence-electron chi connectivity index (χ0n) is 17.8. The van der Waals surface area contributed by atoms with Crippen LogP contribution in [0.2, 0.25) is 0 Å². The predicted molar refractivity (Wildman–Crippen MR) is 120 cm³/mol. The van der Waals surface area contributed by atoms with Gasteiger partial charge in [0, 0.05) is 30.6 Å². The molecule has 1 aliphatic rings. The summed E-state index contributed by atoms with van der Waals surface area (Å²) >= 11 is 0. The number of hydrogen-bond acceptors (Lipinski definition) is 4. The Kier molecular flexibility index (Phi) is 6.11. The van der Waals surface area contributed by atoms with Gasteiger partial charge in [-0.2, -0.15) is 0 Å². The van der Waals surface area contributed by atoms with E-state index in [9.17, 15) is 13.2 Å². The van der Waals surface area contributed by atoms with E-state index in [-0.39, 0.29) is 22.8 Å². The monoisotopic (exact) mass is 440 g/mol.